The van der Waals surface area contributed by atoms with Crippen LogP contribution in [-0.4, -0.2) is 0 Å². The fourth-order valence-electron chi connectivity index (χ4n) is 3.50. The number of hydrogen-bond acceptors (Lipinski definition) is 0. The molecule has 0 nitrogen and oxygen atoms in total. The van der Waals surface area contributed by atoms with E-state index >= 15 is 0 Å². The molecule has 0 aliphatic carbocycles. The Kier molecular flexibility index (Phi) is 7.94. The Morgan fingerprint density at radius 2 is 0.519 bits per heavy atom. The summed E-state index contributed by atoms with van der Waals surface area (Å²) in [5.74, 6) is 0. The minimum absolute atomic E-state index is 0. The van der Waals surface area contributed by atoms with Gasteiger partial charge in [-0.1, -0.05) is 72.8 Å². The smallest absolute Gasteiger partial charge is 0.144 e. The fraction of sp³-hybridized carbons (Fsp3) is 0. The van der Waals surface area contributed by atoms with Gasteiger partial charge in [0.15, 0.2) is 0 Å². The Hall–Kier alpha value is -1.78. The third-order valence-corrected chi connectivity index (χ3v) is 8.86. The molecule has 4 aromatic carbocycles. The molecule has 4 aromatic rings. The summed E-state index contributed by atoms with van der Waals surface area (Å²) in [6.45, 7) is 0. The number of benzene rings is 4. The third-order valence-electron chi connectivity index (χ3n) is 4.57. The molecule has 27 heavy (non-hydrogen) atoms. The van der Waals surface area contributed by atoms with Crippen molar-refractivity contribution in [3.8, 4) is 0 Å². The van der Waals surface area contributed by atoms with Crippen LogP contribution in [0.2, 0.25) is 0 Å². The second kappa shape index (κ2) is 9.96. The monoisotopic (exact) mass is 438 g/mol. The van der Waals surface area contributed by atoms with Crippen LogP contribution >= 0.6 is 7.26 Å². The summed E-state index contributed by atoms with van der Waals surface area (Å²) in [7, 11) is -1.91. The van der Waals surface area contributed by atoms with Gasteiger partial charge in [0.05, 0.1) is 0 Å². The molecule has 0 spiro atoms. The van der Waals surface area contributed by atoms with Crippen molar-refractivity contribution < 1.29 is 31.9 Å². The third kappa shape index (κ3) is 4.07. The van der Waals surface area contributed by atoms with E-state index in [1.807, 2.05) is 0 Å². The molecule has 4 rings (SSSR count). The molecule has 0 aliphatic heterocycles. The molecular formula is C24H20ClPZn. The molecule has 0 fully saturated rings. The van der Waals surface area contributed by atoms with E-state index in [1.165, 1.54) is 21.2 Å². The van der Waals surface area contributed by atoms with Gasteiger partial charge < -0.3 is 12.4 Å². The summed E-state index contributed by atoms with van der Waals surface area (Å²) in [6, 6.07) is 43.8. The Morgan fingerprint density at radius 3 is 0.704 bits per heavy atom. The zero-order valence-corrected chi connectivity index (χ0v) is 19.7. The van der Waals surface area contributed by atoms with Crippen molar-refractivity contribution in [3.05, 3.63) is 121 Å². The van der Waals surface area contributed by atoms with Crippen molar-refractivity contribution in [1.29, 1.82) is 0 Å². The molecule has 0 bridgehead atoms. The predicted molar refractivity (Wildman–Crippen MR) is 111 cm³/mol. The van der Waals surface area contributed by atoms with E-state index in [-0.39, 0.29) is 31.9 Å². The van der Waals surface area contributed by atoms with Gasteiger partial charge in [0.1, 0.15) is 28.5 Å². The summed E-state index contributed by atoms with van der Waals surface area (Å²) in [5, 5.41) is 5.55. The van der Waals surface area contributed by atoms with Crippen LogP contribution in [0.4, 0.5) is 0 Å². The SMILES string of the molecule is [Cl-].[Zn].c1ccc([P+](c2ccccc2)(c2ccccc2)c2ccccc2)cc1. The molecule has 0 saturated carbocycles. The van der Waals surface area contributed by atoms with Crippen LogP contribution in [0.1, 0.15) is 0 Å². The van der Waals surface area contributed by atoms with Gasteiger partial charge >= 0.3 is 0 Å². The summed E-state index contributed by atoms with van der Waals surface area (Å²) in [6.07, 6.45) is 0. The van der Waals surface area contributed by atoms with Crippen LogP contribution in [0.25, 0.3) is 0 Å². The number of halogens is 1. The normalized spacial score (nSPS) is 10.4. The van der Waals surface area contributed by atoms with E-state index in [4.69, 9.17) is 0 Å². The molecule has 0 unspecified atom stereocenters. The number of hydrogen-bond donors (Lipinski definition) is 0. The second-order valence-corrected chi connectivity index (χ2v) is 9.42. The first-order chi connectivity index (χ1) is 12.4. The van der Waals surface area contributed by atoms with Crippen molar-refractivity contribution in [2.75, 3.05) is 0 Å². The maximum absolute atomic E-state index is 2.28. The van der Waals surface area contributed by atoms with Crippen LogP contribution < -0.4 is 33.6 Å². The van der Waals surface area contributed by atoms with E-state index in [1.54, 1.807) is 0 Å². The topological polar surface area (TPSA) is 0 Å². The molecule has 0 N–H and O–H groups in total. The van der Waals surface area contributed by atoms with Crippen molar-refractivity contribution in [3.63, 3.8) is 0 Å². The van der Waals surface area contributed by atoms with Crippen LogP contribution in [-0.2, 0) is 19.5 Å². The van der Waals surface area contributed by atoms with Gasteiger partial charge in [-0.15, -0.1) is 0 Å². The summed E-state index contributed by atoms with van der Waals surface area (Å²) >= 11 is 0. The zero-order chi connectivity index (χ0) is 17.0. The van der Waals surface area contributed by atoms with Gasteiger partial charge in [-0.2, -0.15) is 0 Å². The maximum atomic E-state index is 2.28. The molecule has 0 heterocycles. The first-order valence-corrected chi connectivity index (χ1v) is 10.3. The van der Waals surface area contributed by atoms with E-state index < -0.39 is 7.26 Å². The summed E-state index contributed by atoms with van der Waals surface area (Å²) < 4.78 is 0. The standard InChI is InChI=1S/C24H20P.ClH.Zn/c1-5-13-21(14-6-1)25(22-15-7-2-8-16-22,23-17-9-3-10-18-23)24-19-11-4-12-20-24;;/h1-20H;1H;/q+1;;/p-1. The number of rotatable bonds is 4. The van der Waals surface area contributed by atoms with E-state index in [2.05, 4.69) is 121 Å². The van der Waals surface area contributed by atoms with Crippen LogP contribution in [0, 0.1) is 0 Å². The summed E-state index contributed by atoms with van der Waals surface area (Å²) in [5.41, 5.74) is 0. The van der Waals surface area contributed by atoms with E-state index in [0.717, 1.165) is 0 Å². The van der Waals surface area contributed by atoms with Gasteiger partial charge in [0.2, 0.25) is 0 Å². The largest absolute Gasteiger partial charge is 1.00 e. The van der Waals surface area contributed by atoms with Crippen molar-refractivity contribution in [2.24, 2.45) is 0 Å². The van der Waals surface area contributed by atoms with Crippen LogP contribution in [0.5, 0.6) is 0 Å². The molecule has 0 radical (unpaired) electrons. The molecule has 130 valence electrons. The van der Waals surface area contributed by atoms with Gasteiger partial charge in [-0.05, 0) is 48.5 Å². The molecule has 0 atom stereocenters. The molecule has 3 heteroatoms. The molecule has 0 amide bonds. The Bertz CT molecular complexity index is 765. The Morgan fingerprint density at radius 1 is 0.333 bits per heavy atom. The first-order valence-electron chi connectivity index (χ1n) is 8.54. The van der Waals surface area contributed by atoms with Crippen molar-refractivity contribution in [1.82, 2.24) is 0 Å². The average Bonchev–Trinajstić information content (AvgIpc) is 2.72. The molecule has 0 aromatic heterocycles. The minimum atomic E-state index is -1.91. The maximum Gasteiger partial charge on any atom is 0.144 e. The van der Waals surface area contributed by atoms with Gasteiger partial charge in [-0.25, -0.2) is 0 Å². The average molecular weight is 440 g/mol. The van der Waals surface area contributed by atoms with Crippen LogP contribution in [0.15, 0.2) is 121 Å². The predicted octanol–water partition coefficient (Wildman–Crippen LogP) is 1.31. The van der Waals surface area contributed by atoms with Crippen molar-refractivity contribution in [2.45, 2.75) is 0 Å². The van der Waals surface area contributed by atoms with Gasteiger partial charge in [-0.3, -0.25) is 0 Å². The van der Waals surface area contributed by atoms with Gasteiger partial charge in [0, 0.05) is 19.5 Å². The zero-order valence-electron chi connectivity index (χ0n) is 15.1. The molecule has 0 aliphatic rings. The summed E-state index contributed by atoms with van der Waals surface area (Å²) in [4.78, 5) is 0. The van der Waals surface area contributed by atoms with E-state index in [9.17, 15) is 0 Å². The van der Waals surface area contributed by atoms with Crippen molar-refractivity contribution >= 4 is 28.5 Å². The Balaban J connectivity index is 0.00000131. The Labute approximate surface area is 181 Å². The van der Waals surface area contributed by atoms with Gasteiger partial charge in [0.25, 0.3) is 0 Å². The quantitative estimate of drug-likeness (QED) is 0.332. The molecular weight excluding hydrogens is 420 g/mol. The minimum Gasteiger partial charge on any atom is -1.00 e. The fourth-order valence-corrected chi connectivity index (χ4v) is 7.77. The first kappa shape index (κ1) is 21.5. The second-order valence-electron chi connectivity index (χ2n) is 6.01. The molecule has 0 saturated heterocycles. The van der Waals surface area contributed by atoms with Crippen LogP contribution in [0.3, 0.4) is 0 Å². The van der Waals surface area contributed by atoms with E-state index in [0.29, 0.717) is 0 Å².